The highest BCUT2D eigenvalue weighted by atomic mass is 32.2. The van der Waals surface area contributed by atoms with E-state index in [1.165, 1.54) is 80.5 Å². The number of nitrogens with zero attached hydrogens (tertiary/aromatic N) is 3. The minimum absolute atomic E-state index is 0. The molecule has 5 amide bonds. The van der Waals surface area contributed by atoms with E-state index in [-0.39, 0.29) is 64.7 Å². The number of hydrogen-bond acceptors (Lipinski definition) is 10. The Bertz CT molecular complexity index is 2000. The Hall–Kier alpha value is -5.40. The van der Waals surface area contributed by atoms with Gasteiger partial charge in [0, 0.05) is 54.2 Å². The Morgan fingerprint density at radius 2 is 1.84 bits per heavy atom. The number of aryl methyl sites for hydroxylation is 1. The first kappa shape index (κ1) is 53.6. The van der Waals surface area contributed by atoms with E-state index in [9.17, 15) is 28.8 Å². The van der Waals surface area contributed by atoms with Crippen LogP contribution in [-0.2, 0) is 25.7 Å². The number of likely N-dealkylation sites (N-methyl/N-ethyl adjacent to an activating group) is 2. The van der Waals surface area contributed by atoms with Crippen molar-refractivity contribution in [3.8, 4) is 11.6 Å². The van der Waals surface area contributed by atoms with E-state index >= 15 is 0 Å². The number of fused-ring (bicyclic) bond motifs is 1. The zero-order chi connectivity index (χ0) is 43.6. The summed E-state index contributed by atoms with van der Waals surface area (Å²) in [6, 6.07) is 5.76. The van der Waals surface area contributed by atoms with Gasteiger partial charge in [-0.3, -0.25) is 38.2 Å². The number of carbonyl (C=O) groups excluding carboxylic acids is 5. The number of carbonyl (C=O) groups is 5. The summed E-state index contributed by atoms with van der Waals surface area (Å²) in [7, 11) is 4.56. The molecule has 348 valence electrons. The molecule has 0 aliphatic heterocycles. The number of unbranched alkanes of at least 4 members (excludes halogenated alkanes) is 3. The van der Waals surface area contributed by atoms with Gasteiger partial charge in [-0.1, -0.05) is 38.8 Å². The molecule has 10 N–H and O–H groups in total. The highest BCUT2D eigenvalue weighted by Crippen LogP contribution is 2.41. The fourth-order valence-electron chi connectivity index (χ4n) is 5.88. The first-order valence-corrected chi connectivity index (χ1v) is 21.1. The fourth-order valence-corrected chi connectivity index (χ4v) is 6.68. The number of benzene rings is 1. The van der Waals surface area contributed by atoms with Gasteiger partial charge in [-0.2, -0.15) is 5.10 Å². The maximum atomic E-state index is 12.0. The molecule has 18 nitrogen and oxygen atoms in total. The lowest BCUT2D eigenvalue weighted by molar-refractivity contribution is -0.137. The van der Waals surface area contributed by atoms with Gasteiger partial charge in [0.2, 0.25) is 23.6 Å². The van der Waals surface area contributed by atoms with Crippen LogP contribution in [0.2, 0.25) is 0 Å². The van der Waals surface area contributed by atoms with E-state index in [1.54, 1.807) is 38.1 Å². The third-order valence-electron chi connectivity index (χ3n) is 9.59. The van der Waals surface area contributed by atoms with Crippen molar-refractivity contribution in [3.05, 3.63) is 64.1 Å². The Morgan fingerprint density at radius 1 is 1.13 bits per heavy atom. The second-order valence-corrected chi connectivity index (χ2v) is 15.9. The van der Waals surface area contributed by atoms with Crippen molar-refractivity contribution in [2.75, 3.05) is 27.7 Å². The minimum Gasteiger partial charge on any atom is -0.496 e. The average molecular weight is 883 g/mol. The smallest absolute Gasteiger partial charge is 0.272 e. The van der Waals surface area contributed by atoms with Gasteiger partial charge in [-0.25, -0.2) is 0 Å². The van der Waals surface area contributed by atoms with E-state index in [0.29, 0.717) is 28.9 Å². The highest BCUT2D eigenvalue weighted by molar-refractivity contribution is 7.98. The van der Waals surface area contributed by atoms with Gasteiger partial charge in [-0.05, 0) is 95.4 Å². The van der Waals surface area contributed by atoms with Gasteiger partial charge in [0.05, 0.1) is 25.3 Å². The largest absolute Gasteiger partial charge is 0.496 e. The molecule has 2 aliphatic rings. The number of ether oxygens (including phenoxy) is 2. The van der Waals surface area contributed by atoms with Crippen LogP contribution in [0.3, 0.4) is 0 Å². The number of amides is 5. The van der Waals surface area contributed by atoms with Crippen LogP contribution in [0.5, 0.6) is 11.6 Å². The number of pyridine rings is 1. The number of rotatable bonds is 19. The standard InChI is InChI=1S/C14H22N6O4.C14H17NO3.C14H23NOS.2H2O.4H2/c1-4-10(13(15)23)19(3)12(22)7-17-14(24)9-5-6-20(18-9)8-11(21)16-2;1-8(2)18-13-7-11(16)10-5-6-12(17-4)9(3)14(10)15-13;1-2-3-4-5-6-7-11-10-13(11)14(16)15-17-12-8-9-12;;;;;;/h5-6,10H,4,7-8H2,1-3H3,(H2,15,23)(H,16,21)(H,17,24);5-8H,1-4H3,(H,15,16);6-7,11-13H,2-5,8-10H2,1H3,(H,15,16);2*1H2;4*1H/b;;7-6-;;;;;;. The Labute approximate surface area is 367 Å². The van der Waals surface area contributed by atoms with Crippen LogP contribution < -0.4 is 36.0 Å². The van der Waals surface area contributed by atoms with Crippen molar-refractivity contribution < 1.29 is 50.1 Å². The summed E-state index contributed by atoms with van der Waals surface area (Å²) < 4.78 is 15.1. The molecule has 0 radical (unpaired) electrons. The lowest BCUT2D eigenvalue weighted by Crippen LogP contribution is -2.48. The van der Waals surface area contributed by atoms with Crippen molar-refractivity contribution in [1.29, 1.82) is 0 Å². The zero-order valence-electron chi connectivity index (χ0n) is 36.6. The fraction of sp³-hybridized carbons (Fsp3) is 0.548. The van der Waals surface area contributed by atoms with Crippen molar-refractivity contribution in [2.24, 2.45) is 17.6 Å². The van der Waals surface area contributed by atoms with E-state index in [4.69, 9.17) is 15.2 Å². The molecule has 2 aromatic heterocycles. The number of aromatic nitrogens is 3. The first-order chi connectivity index (χ1) is 28.1. The average Bonchev–Trinajstić information content (AvgIpc) is 4.14. The number of primary amides is 1. The third kappa shape index (κ3) is 17.6. The summed E-state index contributed by atoms with van der Waals surface area (Å²) in [6.45, 7) is 9.40. The first-order valence-electron chi connectivity index (χ1n) is 20.2. The number of H-pyrrole nitrogens is 1. The number of aromatic amines is 1. The van der Waals surface area contributed by atoms with Crippen LogP contribution in [0.1, 0.15) is 101 Å². The van der Waals surface area contributed by atoms with Gasteiger partial charge < -0.3 is 46.7 Å². The Morgan fingerprint density at radius 3 is 2.43 bits per heavy atom. The summed E-state index contributed by atoms with van der Waals surface area (Å²) in [4.78, 5) is 74.5. The van der Waals surface area contributed by atoms with E-state index < -0.39 is 23.8 Å². The van der Waals surface area contributed by atoms with Gasteiger partial charge in [0.15, 0.2) is 11.3 Å². The molecule has 2 aliphatic carbocycles. The van der Waals surface area contributed by atoms with E-state index in [1.807, 2.05) is 20.8 Å². The van der Waals surface area contributed by atoms with Crippen LogP contribution >= 0.6 is 11.9 Å². The van der Waals surface area contributed by atoms with Gasteiger partial charge in [-0.15, -0.1) is 0 Å². The molecule has 3 unspecified atom stereocenters. The molecular weight excluding hydrogens is 809 g/mol. The molecule has 0 spiro atoms. The lowest BCUT2D eigenvalue weighted by Gasteiger charge is -2.24. The molecule has 2 heterocycles. The number of allylic oxidation sites excluding steroid dienone is 2. The number of methoxy groups -OCH3 is 1. The van der Waals surface area contributed by atoms with Crippen LogP contribution in [-0.4, -0.2) is 105 Å². The second-order valence-electron chi connectivity index (χ2n) is 14.8. The topological polar surface area (TPSA) is 283 Å². The monoisotopic (exact) mass is 883 g/mol. The third-order valence-corrected chi connectivity index (χ3v) is 10.7. The zero-order valence-corrected chi connectivity index (χ0v) is 37.4. The van der Waals surface area contributed by atoms with Crippen LogP contribution in [0.4, 0.5) is 0 Å². The number of hydrogen-bond donors (Lipinski definition) is 5. The maximum Gasteiger partial charge on any atom is 0.272 e. The summed E-state index contributed by atoms with van der Waals surface area (Å²) in [6.07, 6.45) is 15.1. The molecule has 61 heavy (non-hydrogen) atoms. The van der Waals surface area contributed by atoms with E-state index in [2.05, 4.69) is 44.5 Å². The van der Waals surface area contributed by atoms with Gasteiger partial charge in [0.1, 0.15) is 24.0 Å². The molecule has 2 saturated carbocycles. The summed E-state index contributed by atoms with van der Waals surface area (Å²) in [5.41, 5.74) is 6.92. The summed E-state index contributed by atoms with van der Waals surface area (Å²) in [5, 5.41) is 10.2. The predicted molar refractivity (Wildman–Crippen MR) is 246 cm³/mol. The lowest BCUT2D eigenvalue weighted by atomic mass is 10.1. The maximum absolute atomic E-state index is 12.0. The van der Waals surface area contributed by atoms with Crippen molar-refractivity contribution in [3.63, 3.8) is 0 Å². The quantitative estimate of drug-likeness (QED) is 0.0661. The molecule has 19 heteroatoms. The normalized spacial score (nSPS) is 15.4. The molecule has 3 aromatic rings. The van der Waals surface area contributed by atoms with E-state index in [0.717, 1.165) is 23.3 Å². The van der Waals surface area contributed by atoms with Crippen LogP contribution in [0.15, 0.2) is 47.4 Å². The molecular formula is C42H74N8O10S. The Balaban J connectivity index is -0.000000416. The molecule has 2 fully saturated rings. The van der Waals surface area contributed by atoms with Crippen LogP contribution in [0.25, 0.3) is 10.9 Å². The second kappa shape index (κ2) is 26.7. The molecule has 3 atom stereocenters. The van der Waals surface area contributed by atoms with Crippen molar-refractivity contribution in [1.82, 2.24) is 35.0 Å². The van der Waals surface area contributed by atoms with Gasteiger partial charge in [0.25, 0.3) is 5.91 Å². The highest BCUT2D eigenvalue weighted by Gasteiger charge is 2.41. The SMILES string of the molecule is CCC(C(N)=O)N(C)C(=O)CNC(=O)c1ccn(CC(=O)NC)n1.CCCCC/C=C\C1CC1C(=O)NSC1CC1.COc1ccc2c(=O)cc(OC(C)C)[nH]c2c1C.O.O.[HH].[HH].[HH].[HH]. The van der Waals surface area contributed by atoms with Crippen molar-refractivity contribution >= 4 is 52.4 Å². The molecule has 0 bridgehead atoms. The molecule has 1 aromatic carbocycles. The summed E-state index contributed by atoms with van der Waals surface area (Å²) >= 11 is 1.63. The minimum atomic E-state index is -0.721. The molecule has 5 rings (SSSR count). The predicted octanol–water partition coefficient (Wildman–Crippen LogP) is 3.73. The number of nitrogens with one attached hydrogen (secondary N) is 4. The van der Waals surface area contributed by atoms with Crippen molar-refractivity contribution in [2.45, 2.75) is 110 Å². The Kier molecular flexibility index (Phi) is 23.5. The van der Waals surface area contributed by atoms with Crippen LogP contribution in [0, 0.1) is 18.8 Å². The number of nitrogens with two attached hydrogens (primary N) is 1. The summed E-state index contributed by atoms with van der Waals surface area (Å²) in [5.74, 6) is 0.425. The molecule has 0 saturated heterocycles. The van der Waals surface area contributed by atoms with Gasteiger partial charge >= 0.3 is 0 Å².